The van der Waals surface area contributed by atoms with E-state index in [9.17, 15) is 4.79 Å². The van der Waals surface area contributed by atoms with Gasteiger partial charge in [-0.25, -0.2) is 4.79 Å². The van der Waals surface area contributed by atoms with E-state index >= 15 is 0 Å². The summed E-state index contributed by atoms with van der Waals surface area (Å²) in [4.78, 5) is 13.4. The van der Waals surface area contributed by atoms with Gasteiger partial charge in [-0.2, -0.15) is 0 Å². The second-order valence-corrected chi connectivity index (χ2v) is 5.88. The van der Waals surface area contributed by atoms with Gasteiger partial charge in [-0.15, -0.1) is 0 Å². The Balaban J connectivity index is 2.13. The molecule has 0 bridgehead atoms. The Morgan fingerprint density at radius 3 is 2.55 bits per heavy atom. The molecule has 4 nitrogen and oxygen atoms in total. The molecule has 0 aliphatic carbocycles. The smallest absolute Gasteiger partial charge is 0.409 e. The van der Waals surface area contributed by atoms with Crippen molar-refractivity contribution in [2.75, 3.05) is 19.7 Å². The minimum atomic E-state index is -0.154. The SMILES string of the molecule is CCCCCCC(C)NC1CCN(C(=O)OCC)CC1. The Labute approximate surface area is 124 Å². The molecule has 1 rings (SSSR count). The van der Waals surface area contributed by atoms with Gasteiger partial charge in [0.1, 0.15) is 0 Å². The molecule has 0 spiro atoms. The largest absolute Gasteiger partial charge is 0.450 e. The third-order valence-electron chi connectivity index (χ3n) is 4.03. The zero-order chi connectivity index (χ0) is 14.8. The molecule has 0 aromatic heterocycles. The van der Waals surface area contributed by atoms with Crippen LogP contribution in [-0.4, -0.2) is 42.8 Å². The minimum absolute atomic E-state index is 0.154. The zero-order valence-electron chi connectivity index (χ0n) is 13.5. The maximum Gasteiger partial charge on any atom is 0.409 e. The van der Waals surface area contributed by atoms with Gasteiger partial charge >= 0.3 is 6.09 Å². The van der Waals surface area contributed by atoms with Crippen LogP contribution in [0.2, 0.25) is 0 Å². The Morgan fingerprint density at radius 2 is 1.95 bits per heavy atom. The number of nitrogens with zero attached hydrogens (tertiary/aromatic N) is 1. The van der Waals surface area contributed by atoms with Crippen molar-refractivity contribution in [3.63, 3.8) is 0 Å². The first-order chi connectivity index (χ1) is 9.67. The van der Waals surface area contributed by atoms with Crippen molar-refractivity contribution >= 4 is 6.09 Å². The molecule has 0 saturated carbocycles. The zero-order valence-corrected chi connectivity index (χ0v) is 13.5. The number of rotatable bonds is 8. The van der Waals surface area contributed by atoms with Crippen LogP contribution in [0.25, 0.3) is 0 Å². The summed E-state index contributed by atoms with van der Waals surface area (Å²) in [6.07, 6.45) is 8.51. The molecule has 1 fully saturated rings. The summed E-state index contributed by atoms with van der Waals surface area (Å²) in [7, 11) is 0. The lowest BCUT2D eigenvalue weighted by Gasteiger charge is -2.33. The Kier molecular flexibility index (Phi) is 8.67. The van der Waals surface area contributed by atoms with Gasteiger partial charge in [0.25, 0.3) is 0 Å². The normalized spacial score (nSPS) is 18.1. The van der Waals surface area contributed by atoms with Gasteiger partial charge < -0.3 is 15.0 Å². The summed E-state index contributed by atoms with van der Waals surface area (Å²) < 4.78 is 5.04. The predicted molar refractivity (Wildman–Crippen MR) is 83.0 cm³/mol. The fourth-order valence-corrected chi connectivity index (χ4v) is 2.81. The van der Waals surface area contributed by atoms with Crippen molar-refractivity contribution in [3.8, 4) is 0 Å². The third kappa shape index (κ3) is 6.60. The monoisotopic (exact) mass is 284 g/mol. The standard InChI is InChI=1S/C16H32N2O2/c1-4-6-7-8-9-14(3)17-15-10-12-18(13-11-15)16(19)20-5-2/h14-15,17H,4-13H2,1-3H3. The average molecular weight is 284 g/mol. The van der Waals surface area contributed by atoms with Crippen LogP contribution in [0, 0.1) is 0 Å². The number of carbonyl (C=O) groups is 1. The van der Waals surface area contributed by atoms with Gasteiger partial charge in [-0.1, -0.05) is 32.6 Å². The highest BCUT2D eigenvalue weighted by atomic mass is 16.6. The molecule has 1 heterocycles. The van der Waals surface area contributed by atoms with Crippen LogP contribution >= 0.6 is 0 Å². The van der Waals surface area contributed by atoms with E-state index in [-0.39, 0.29) is 6.09 Å². The molecule has 1 N–H and O–H groups in total. The molecule has 20 heavy (non-hydrogen) atoms. The molecule has 0 aromatic rings. The fourth-order valence-electron chi connectivity index (χ4n) is 2.81. The van der Waals surface area contributed by atoms with Crippen molar-refractivity contribution in [2.45, 2.75) is 77.8 Å². The van der Waals surface area contributed by atoms with Crippen molar-refractivity contribution in [1.82, 2.24) is 10.2 Å². The highest BCUT2D eigenvalue weighted by Gasteiger charge is 2.23. The van der Waals surface area contributed by atoms with Crippen LogP contribution < -0.4 is 5.32 Å². The van der Waals surface area contributed by atoms with Crippen LogP contribution in [0.1, 0.15) is 65.7 Å². The Bertz CT molecular complexity index is 263. The van der Waals surface area contributed by atoms with E-state index in [4.69, 9.17) is 4.74 Å². The maximum atomic E-state index is 11.6. The van der Waals surface area contributed by atoms with Crippen LogP contribution in [-0.2, 0) is 4.74 Å². The van der Waals surface area contributed by atoms with Crippen LogP contribution in [0.5, 0.6) is 0 Å². The third-order valence-corrected chi connectivity index (χ3v) is 4.03. The first-order valence-corrected chi connectivity index (χ1v) is 8.35. The van der Waals surface area contributed by atoms with E-state index < -0.39 is 0 Å². The van der Waals surface area contributed by atoms with E-state index in [1.165, 1.54) is 32.1 Å². The Morgan fingerprint density at radius 1 is 1.25 bits per heavy atom. The number of likely N-dealkylation sites (tertiary alicyclic amines) is 1. The van der Waals surface area contributed by atoms with Crippen molar-refractivity contribution in [1.29, 1.82) is 0 Å². The molecule has 4 heteroatoms. The summed E-state index contributed by atoms with van der Waals surface area (Å²) in [5, 5.41) is 3.71. The first-order valence-electron chi connectivity index (χ1n) is 8.35. The molecular formula is C16H32N2O2. The molecule has 1 aliphatic heterocycles. The number of amides is 1. The number of nitrogens with one attached hydrogen (secondary N) is 1. The number of carbonyl (C=O) groups excluding carboxylic acids is 1. The molecule has 0 aromatic carbocycles. The van der Waals surface area contributed by atoms with E-state index in [0.717, 1.165) is 25.9 Å². The van der Waals surface area contributed by atoms with Crippen molar-refractivity contribution in [2.24, 2.45) is 0 Å². The van der Waals surface area contributed by atoms with Gasteiger partial charge in [0, 0.05) is 25.2 Å². The molecule has 1 atom stereocenters. The lowest BCUT2D eigenvalue weighted by Crippen LogP contribution is -2.47. The molecular weight excluding hydrogens is 252 g/mol. The van der Waals surface area contributed by atoms with E-state index in [1.54, 1.807) is 0 Å². The maximum absolute atomic E-state index is 11.6. The van der Waals surface area contributed by atoms with Gasteiger partial charge in [-0.05, 0) is 33.1 Å². The molecule has 1 amide bonds. The van der Waals surface area contributed by atoms with Gasteiger partial charge in [0.05, 0.1) is 6.61 Å². The lowest BCUT2D eigenvalue weighted by molar-refractivity contribution is 0.0942. The van der Waals surface area contributed by atoms with Gasteiger partial charge in [0.15, 0.2) is 0 Å². The van der Waals surface area contributed by atoms with Crippen LogP contribution in [0.15, 0.2) is 0 Å². The summed E-state index contributed by atoms with van der Waals surface area (Å²) in [5.41, 5.74) is 0. The summed E-state index contributed by atoms with van der Waals surface area (Å²) >= 11 is 0. The molecule has 1 saturated heterocycles. The number of ether oxygens (including phenoxy) is 1. The van der Waals surface area contributed by atoms with Gasteiger partial charge in [-0.3, -0.25) is 0 Å². The van der Waals surface area contributed by atoms with E-state index in [1.807, 2.05) is 11.8 Å². The molecule has 1 unspecified atom stereocenters. The highest BCUT2D eigenvalue weighted by molar-refractivity contribution is 5.67. The lowest BCUT2D eigenvalue weighted by atomic mass is 10.0. The second kappa shape index (κ2) is 10.0. The van der Waals surface area contributed by atoms with E-state index in [2.05, 4.69) is 19.2 Å². The van der Waals surface area contributed by atoms with Gasteiger partial charge in [0.2, 0.25) is 0 Å². The number of piperidine rings is 1. The Hall–Kier alpha value is -0.770. The average Bonchev–Trinajstić information content (AvgIpc) is 2.45. The molecule has 1 aliphatic rings. The molecule has 118 valence electrons. The predicted octanol–water partition coefficient (Wildman–Crippen LogP) is 3.56. The van der Waals surface area contributed by atoms with Crippen LogP contribution in [0.3, 0.4) is 0 Å². The fraction of sp³-hybridized carbons (Fsp3) is 0.938. The number of unbranched alkanes of at least 4 members (excludes halogenated alkanes) is 3. The quantitative estimate of drug-likeness (QED) is 0.693. The summed E-state index contributed by atoms with van der Waals surface area (Å²) in [6.45, 7) is 8.49. The topological polar surface area (TPSA) is 41.6 Å². The second-order valence-electron chi connectivity index (χ2n) is 5.88. The van der Waals surface area contributed by atoms with Crippen LogP contribution in [0.4, 0.5) is 4.79 Å². The number of hydrogen-bond donors (Lipinski definition) is 1. The first kappa shape index (κ1) is 17.3. The molecule has 0 radical (unpaired) electrons. The summed E-state index contributed by atoms with van der Waals surface area (Å²) in [5.74, 6) is 0. The summed E-state index contributed by atoms with van der Waals surface area (Å²) in [6, 6.07) is 1.15. The van der Waals surface area contributed by atoms with E-state index in [0.29, 0.717) is 18.7 Å². The highest BCUT2D eigenvalue weighted by Crippen LogP contribution is 2.13. The number of hydrogen-bond acceptors (Lipinski definition) is 3. The van der Waals surface area contributed by atoms with Crippen molar-refractivity contribution < 1.29 is 9.53 Å². The van der Waals surface area contributed by atoms with Crippen molar-refractivity contribution in [3.05, 3.63) is 0 Å². The minimum Gasteiger partial charge on any atom is -0.450 e.